The Bertz CT molecular complexity index is 1110. The summed E-state index contributed by atoms with van der Waals surface area (Å²) in [5.74, 6) is 2.00. The van der Waals surface area contributed by atoms with Crippen molar-refractivity contribution in [3.8, 4) is 17.7 Å². The van der Waals surface area contributed by atoms with Gasteiger partial charge in [-0.15, -0.1) is 21.5 Å². The van der Waals surface area contributed by atoms with Crippen LogP contribution in [0.3, 0.4) is 0 Å². The molecule has 1 atom stereocenters. The molecule has 1 aliphatic carbocycles. The predicted molar refractivity (Wildman–Crippen MR) is 122 cm³/mol. The normalized spacial score (nSPS) is 15.6. The van der Waals surface area contributed by atoms with Crippen molar-refractivity contribution in [1.29, 1.82) is 5.26 Å². The van der Waals surface area contributed by atoms with Gasteiger partial charge in [-0.1, -0.05) is 25.1 Å². The van der Waals surface area contributed by atoms with Crippen LogP contribution in [0.1, 0.15) is 55.7 Å². The van der Waals surface area contributed by atoms with Crippen molar-refractivity contribution in [2.24, 2.45) is 5.92 Å². The average Bonchev–Trinajstić information content (AvgIpc) is 3.48. The molecule has 1 N–H and O–H groups in total. The maximum atomic E-state index is 12.7. The second-order valence-electron chi connectivity index (χ2n) is 7.92. The lowest BCUT2D eigenvalue weighted by Crippen LogP contribution is -2.15. The molecule has 162 valence electrons. The highest BCUT2D eigenvalue weighted by Crippen LogP contribution is 2.40. The van der Waals surface area contributed by atoms with Crippen molar-refractivity contribution in [2.45, 2.75) is 57.7 Å². The van der Waals surface area contributed by atoms with E-state index in [0.29, 0.717) is 33.2 Å². The molecule has 0 aromatic carbocycles. The quantitative estimate of drug-likeness (QED) is 0.486. The fourth-order valence-electron chi connectivity index (χ4n) is 3.92. The van der Waals surface area contributed by atoms with Crippen molar-refractivity contribution >= 4 is 34.0 Å². The van der Waals surface area contributed by atoms with Gasteiger partial charge in [-0.25, -0.2) is 0 Å². The maximum Gasteiger partial charge on any atom is 0.235 e. The first kappa shape index (κ1) is 21.7. The summed E-state index contributed by atoms with van der Waals surface area (Å²) in [6, 6.07) is 6.08. The van der Waals surface area contributed by atoms with Gasteiger partial charge in [0, 0.05) is 10.9 Å². The molecule has 3 heterocycles. The zero-order chi connectivity index (χ0) is 22.0. The topological polar surface area (TPSA) is 96.7 Å². The lowest BCUT2D eigenvalue weighted by Gasteiger charge is -2.20. The number of nitrogens with one attached hydrogen (secondary N) is 1. The van der Waals surface area contributed by atoms with E-state index in [1.807, 2.05) is 30.5 Å². The van der Waals surface area contributed by atoms with Crippen LogP contribution in [-0.2, 0) is 17.6 Å². The largest absolute Gasteiger partial charge is 0.461 e. The summed E-state index contributed by atoms with van der Waals surface area (Å²) in [4.78, 5) is 13.9. The van der Waals surface area contributed by atoms with Crippen LogP contribution < -0.4 is 5.32 Å². The van der Waals surface area contributed by atoms with E-state index in [1.165, 1.54) is 16.6 Å². The van der Waals surface area contributed by atoms with E-state index in [9.17, 15) is 10.1 Å². The van der Waals surface area contributed by atoms with Gasteiger partial charge >= 0.3 is 0 Å². The highest BCUT2D eigenvalue weighted by molar-refractivity contribution is 7.99. The van der Waals surface area contributed by atoms with Crippen LogP contribution in [0.5, 0.6) is 0 Å². The van der Waals surface area contributed by atoms with Gasteiger partial charge in [0.05, 0.1) is 17.6 Å². The van der Waals surface area contributed by atoms with Crippen LogP contribution >= 0.6 is 23.1 Å². The Balaban J connectivity index is 1.46. The molecular formula is C22H25N5O2S2. The molecule has 0 aliphatic heterocycles. The number of nitrogens with zero attached hydrogens (tertiary/aromatic N) is 4. The van der Waals surface area contributed by atoms with Crippen molar-refractivity contribution in [1.82, 2.24) is 14.8 Å². The summed E-state index contributed by atoms with van der Waals surface area (Å²) in [7, 11) is 0. The second-order valence-corrected chi connectivity index (χ2v) is 9.97. The molecule has 3 aromatic rings. The molecule has 7 nitrogen and oxygen atoms in total. The van der Waals surface area contributed by atoms with Gasteiger partial charge in [0.15, 0.2) is 10.9 Å². The number of fused-ring (bicyclic) bond motifs is 1. The number of rotatable bonds is 7. The fraction of sp³-hybridized carbons (Fsp3) is 0.455. The van der Waals surface area contributed by atoms with Gasteiger partial charge in [-0.05, 0) is 56.7 Å². The third kappa shape index (κ3) is 4.41. The number of anilines is 1. The third-order valence-corrected chi connectivity index (χ3v) is 7.68. The average molecular weight is 456 g/mol. The lowest BCUT2D eigenvalue weighted by molar-refractivity contribution is -0.113. The number of thiophene rings is 1. The Morgan fingerprint density at radius 3 is 3.00 bits per heavy atom. The SMILES string of the molecule is CCC1CCc2c(sc(NC(=O)CSc3nnc(-c4ccco4)n3C(C)C)c2C#N)C1. The van der Waals surface area contributed by atoms with Crippen LogP contribution in [-0.4, -0.2) is 26.4 Å². The minimum atomic E-state index is -0.148. The van der Waals surface area contributed by atoms with Crippen LogP contribution in [0.2, 0.25) is 0 Å². The summed E-state index contributed by atoms with van der Waals surface area (Å²) in [6.45, 7) is 6.29. The first-order valence-corrected chi connectivity index (χ1v) is 12.3. The van der Waals surface area contributed by atoms with E-state index in [-0.39, 0.29) is 17.7 Å². The molecule has 31 heavy (non-hydrogen) atoms. The number of amides is 1. The first-order valence-electron chi connectivity index (χ1n) is 10.5. The second kappa shape index (κ2) is 9.28. The Kier molecular flexibility index (Phi) is 6.49. The van der Waals surface area contributed by atoms with Crippen LogP contribution in [0.4, 0.5) is 5.00 Å². The minimum absolute atomic E-state index is 0.112. The standard InChI is InChI=1S/C22H25N5O2S2/c1-4-14-7-8-15-16(11-23)21(31-18(15)10-14)24-19(28)12-30-22-26-25-20(27(22)13(2)3)17-6-5-9-29-17/h5-6,9,13-14H,4,7-8,10,12H2,1-3H3,(H,24,28). The number of thioether (sulfide) groups is 1. The highest BCUT2D eigenvalue weighted by atomic mass is 32.2. The predicted octanol–water partition coefficient (Wildman–Crippen LogP) is 5.30. The Labute approximate surface area is 189 Å². The van der Waals surface area contributed by atoms with Crippen molar-refractivity contribution in [3.05, 3.63) is 34.4 Å². The minimum Gasteiger partial charge on any atom is -0.461 e. The lowest BCUT2D eigenvalue weighted by atomic mass is 9.86. The van der Waals surface area contributed by atoms with E-state index < -0.39 is 0 Å². The van der Waals surface area contributed by atoms with Crippen molar-refractivity contribution in [2.75, 3.05) is 11.1 Å². The van der Waals surface area contributed by atoms with Gasteiger partial charge in [0.2, 0.25) is 11.7 Å². The molecule has 0 fully saturated rings. The van der Waals surface area contributed by atoms with Gasteiger partial charge in [-0.3, -0.25) is 9.36 Å². The maximum absolute atomic E-state index is 12.7. The molecule has 1 aliphatic rings. The number of aromatic nitrogens is 3. The third-order valence-electron chi connectivity index (χ3n) is 5.56. The molecule has 4 rings (SSSR count). The monoisotopic (exact) mass is 455 g/mol. The van der Waals surface area contributed by atoms with Gasteiger partial charge in [0.1, 0.15) is 11.1 Å². The van der Waals surface area contributed by atoms with Crippen molar-refractivity contribution in [3.63, 3.8) is 0 Å². The first-order chi connectivity index (χ1) is 15.0. The molecule has 0 saturated heterocycles. The zero-order valence-electron chi connectivity index (χ0n) is 17.8. The molecule has 0 bridgehead atoms. The fourth-order valence-corrected chi connectivity index (χ4v) is 6.11. The smallest absolute Gasteiger partial charge is 0.235 e. The number of hydrogen-bond donors (Lipinski definition) is 1. The number of nitriles is 1. The summed E-state index contributed by atoms with van der Waals surface area (Å²) in [6.07, 6.45) is 5.79. The molecule has 0 radical (unpaired) electrons. The Hall–Kier alpha value is -2.57. The molecule has 0 saturated carbocycles. The van der Waals surface area contributed by atoms with E-state index in [4.69, 9.17) is 4.42 Å². The molecule has 1 amide bonds. The van der Waals surface area contributed by atoms with Crippen LogP contribution in [0.15, 0.2) is 28.0 Å². The summed E-state index contributed by atoms with van der Waals surface area (Å²) in [5, 5.41) is 22.5. The highest BCUT2D eigenvalue weighted by Gasteiger charge is 2.26. The zero-order valence-corrected chi connectivity index (χ0v) is 19.5. The van der Waals surface area contributed by atoms with Gasteiger partial charge < -0.3 is 9.73 Å². The molecule has 1 unspecified atom stereocenters. The molecule has 3 aromatic heterocycles. The van der Waals surface area contributed by atoms with Gasteiger partial charge in [0.25, 0.3) is 0 Å². The van der Waals surface area contributed by atoms with E-state index in [0.717, 1.165) is 31.2 Å². The van der Waals surface area contributed by atoms with E-state index >= 15 is 0 Å². The summed E-state index contributed by atoms with van der Waals surface area (Å²) in [5.41, 5.74) is 1.76. The summed E-state index contributed by atoms with van der Waals surface area (Å²) < 4.78 is 7.43. The number of carbonyl (C=O) groups is 1. The number of hydrogen-bond acceptors (Lipinski definition) is 7. The number of furan rings is 1. The van der Waals surface area contributed by atoms with E-state index in [1.54, 1.807) is 17.6 Å². The Morgan fingerprint density at radius 1 is 1.48 bits per heavy atom. The Morgan fingerprint density at radius 2 is 2.32 bits per heavy atom. The van der Waals surface area contributed by atoms with Crippen LogP contribution in [0, 0.1) is 17.2 Å². The molecular weight excluding hydrogens is 430 g/mol. The molecule has 0 spiro atoms. The van der Waals surface area contributed by atoms with E-state index in [2.05, 4.69) is 28.5 Å². The number of carbonyl (C=O) groups excluding carboxylic acids is 1. The van der Waals surface area contributed by atoms with Crippen LogP contribution in [0.25, 0.3) is 11.6 Å². The summed E-state index contributed by atoms with van der Waals surface area (Å²) >= 11 is 2.89. The molecule has 9 heteroatoms. The van der Waals surface area contributed by atoms with Crippen molar-refractivity contribution < 1.29 is 9.21 Å². The van der Waals surface area contributed by atoms with Gasteiger partial charge in [-0.2, -0.15) is 5.26 Å².